The smallest absolute Gasteiger partial charge is 0.340 e. The fourth-order valence-electron chi connectivity index (χ4n) is 3.21. The van der Waals surface area contributed by atoms with Crippen molar-refractivity contribution < 1.29 is 18.5 Å². The lowest BCUT2D eigenvalue weighted by Gasteiger charge is -2.10. The van der Waals surface area contributed by atoms with E-state index >= 15 is 0 Å². The van der Waals surface area contributed by atoms with Gasteiger partial charge in [0.2, 0.25) is 0 Å². The number of nitrogens with one attached hydrogen (secondary N) is 1. The van der Waals surface area contributed by atoms with Crippen molar-refractivity contribution in [1.82, 2.24) is 4.98 Å². The zero-order valence-corrected chi connectivity index (χ0v) is 16.8. The molecule has 0 fully saturated rings. The molecular weight excluding hydrogens is 374 g/mol. The molecule has 1 atom stereocenters. The molecule has 1 N–H and O–H groups in total. The van der Waals surface area contributed by atoms with Crippen LogP contribution < -0.4 is 0 Å². The molecule has 0 aliphatic heterocycles. The van der Waals surface area contributed by atoms with E-state index in [4.69, 9.17) is 4.74 Å². The van der Waals surface area contributed by atoms with Crippen molar-refractivity contribution in [1.29, 1.82) is 0 Å². The number of aryl methyl sites for hydroxylation is 2. The average molecular weight is 395 g/mol. The second kappa shape index (κ2) is 8.35. The maximum Gasteiger partial charge on any atom is 0.340 e. The van der Waals surface area contributed by atoms with Crippen LogP contribution in [0.5, 0.6) is 0 Å². The van der Waals surface area contributed by atoms with Crippen molar-refractivity contribution in [3.63, 3.8) is 0 Å². The van der Waals surface area contributed by atoms with E-state index in [0.717, 1.165) is 5.56 Å². The first kappa shape index (κ1) is 19.8. The molecule has 2 aromatic carbocycles. The Morgan fingerprint density at radius 3 is 2.21 bits per heavy atom. The molecular formula is C22H21NO4S. The summed E-state index contributed by atoms with van der Waals surface area (Å²) in [5.74, 6) is -0.618. The Morgan fingerprint density at radius 2 is 1.54 bits per heavy atom. The van der Waals surface area contributed by atoms with Gasteiger partial charge in [0.15, 0.2) is 5.78 Å². The Hall–Kier alpha value is -2.99. The summed E-state index contributed by atoms with van der Waals surface area (Å²) in [5.41, 5.74) is 2.86. The van der Waals surface area contributed by atoms with E-state index in [0.29, 0.717) is 27.6 Å². The minimum Gasteiger partial charge on any atom is -0.465 e. The summed E-state index contributed by atoms with van der Waals surface area (Å²) in [6.07, 6.45) is 0. The number of carbonyl (C=O) groups excluding carboxylic acids is 2. The zero-order chi connectivity index (χ0) is 20.3. The lowest BCUT2D eigenvalue weighted by molar-refractivity contribution is 0.0597. The molecule has 28 heavy (non-hydrogen) atoms. The Bertz CT molecular complexity index is 1050. The molecule has 0 radical (unpaired) electrons. The number of benzene rings is 2. The van der Waals surface area contributed by atoms with Crippen molar-refractivity contribution in [2.45, 2.75) is 24.5 Å². The number of esters is 1. The highest BCUT2D eigenvalue weighted by Crippen LogP contribution is 2.26. The summed E-state index contributed by atoms with van der Waals surface area (Å²) >= 11 is 0. The minimum atomic E-state index is -1.41. The molecule has 144 valence electrons. The molecule has 5 nitrogen and oxygen atoms in total. The lowest BCUT2D eigenvalue weighted by Crippen LogP contribution is -2.13. The summed E-state index contributed by atoms with van der Waals surface area (Å²) in [6, 6.07) is 16.3. The van der Waals surface area contributed by atoms with Crippen LogP contribution in [0.15, 0.2) is 59.5 Å². The molecule has 3 aromatic rings. The first-order valence-electron chi connectivity index (χ1n) is 8.77. The highest BCUT2D eigenvalue weighted by Gasteiger charge is 2.27. The number of H-pyrrole nitrogens is 1. The first-order chi connectivity index (χ1) is 13.4. The Kier molecular flexibility index (Phi) is 5.90. The van der Waals surface area contributed by atoms with Crippen molar-refractivity contribution in [2.24, 2.45) is 0 Å². The fourth-order valence-corrected chi connectivity index (χ4v) is 4.50. The van der Waals surface area contributed by atoms with E-state index in [9.17, 15) is 13.8 Å². The van der Waals surface area contributed by atoms with Gasteiger partial charge in [-0.2, -0.15) is 0 Å². The van der Waals surface area contributed by atoms with Gasteiger partial charge in [-0.05, 0) is 31.5 Å². The first-order valence-corrected chi connectivity index (χ1v) is 10.1. The van der Waals surface area contributed by atoms with E-state index in [1.165, 1.54) is 7.11 Å². The molecule has 3 rings (SSSR count). The van der Waals surface area contributed by atoms with Gasteiger partial charge >= 0.3 is 5.97 Å². The van der Waals surface area contributed by atoms with Gasteiger partial charge in [-0.25, -0.2) is 4.79 Å². The normalized spacial score (nSPS) is 11.8. The van der Waals surface area contributed by atoms with Crippen LogP contribution in [0.4, 0.5) is 0 Å². The summed E-state index contributed by atoms with van der Waals surface area (Å²) in [7, 11) is -0.127. The van der Waals surface area contributed by atoms with Crippen LogP contribution in [-0.2, 0) is 21.3 Å². The predicted molar refractivity (Wildman–Crippen MR) is 108 cm³/mol. The van der Waals surface area contributed by atoms with E-state index in [1.54, 1.807) is 38.1 Å². The standard InChI is InChI=1S/C22H21NO4S/c1-14-19(20(15(2)23-14)22(25)27-3)21(24)17-11-7-8-12-18(17)28(26)13-16-9-5-4-6-10-16/h4-12,23H,13H2,1-3H3. The maximum atomic E-state index is 13.3. The molecule has 0 aliphatic carbocycles. The molecule has 0 aliphatic rings. The summed E-state index contributed by atoms with van der Waals surface area (Å²) in [6.45, 7) is 3.45. The molecule has 1 unspecified atom stereocenters. The molecule has 1 aromatic heterocycles. The average Bonchev–Trinajstić information content (AvgIpc) is 3.01. The van der Waals surface area contributed by atoms with Gasteiger partial charge in [-0.3, -0.25) is 9.00 Å². The number of rotatable bonds is 6. The SMILES string of the molecule is COC(=O)c1c(C)[nH]c(C)c1C(=O)c1ccccc1S(=O)Cc1ccccc1. The van der Waals surface area contributed by atoms with Crippen molar-refractivity contribution >= 4 is 22.6 Å². The molecule has 0 bridgehead atoms. The number of aromatic amines is 1. The maximum absolute atomic E-state index is 13.3. The molecule has 6 heteroatoms. The molecule has 1 heterocycles. The van der Waals surface area contributed by atoms with Crippen LogP contribution in [0.1, 0.15) is 43.2 Å². The number of hydrogen-bond acceptors (Lipinski definition) is 4. The van der Waals surface area contributed by atoms with Gasteiger partial charge in [-0.1, -0.05) is 42.5 Å². The van der Waals surface area contributed by atoms with Gasteiger partial charge in [0.05, 0.1) is 39.7 Å². The number of methoxy groups -OCH3 is 1. The van der Waals surface area contributed by atoms with Gasteiger partial charge in [0, 0.05) is 17.0 Å². The Morgan fingerprint density at radius 1 is 0.929 bits per heavy atom. The van der Waals surface area contributed by atoms with Crippen LogP contribution in [-0.4, -0.2) is 28.1 Å². The van der Waals surface area contributed by atoms with E-state index < -0.39 is 16.8 Å². The number of aromatic nitrogens is 1. The quantitative estimate of drug-likeness (QED) is 0.506. The van der Waals surface area contributed by atoms with Crippen molar-refractivity contribution in [3.05, 3.63) is 88.2 Å². The van der Waals surface area contributed by atoms with Gasteiger partial charge in [-0.15, -0.1) is 0 Å². The molecule has 0 saturated heterocycles. The summed E-state index contributed by atoms with van der Waals surface area (Å²) in [4.78, 5) is 29.0. The summed E-state index contributed by atoms with van der Waals surface area (Å²) in [5, 5.41) is 0. The molecule has 0 amide bonds. The number of hydrogen-bond donors (Lipinski definition) is 1. The fraction of sp³-hybridized carbons (Fsp3) is 0.182. The zero-order valence-electron chi connectivity index (χ0n) is 15.9. The van der Waals surface area contributed by atoms with E-state index in [1.807, 2.05) is 30.3 Å². The Balaban J connectivity index is 2.03. The topological polar surface area (TPSA) is 76.2 Å². The van der Waals surface area contributed by atoms with Crippen LogP contribution in [0, 0.1) is 13.8 Å². The second-order valence-electron chi connectivity index (χ2n) is 6.42. The second-order valence-corrected chi connectivity index (χ2v) is 7.84. The Labute approximate surface area is 166 Å². The highest BCUT2D eigenvalue weighted by molar-refractivity contribution is 7.84. The van der Waals surface area contributed by atoms with Crippen LogP contribution >= 0.6 is 0 Å². The third kappa shape index (κ3) is 3.82. The summed E-state index contributed by atoms with van der Waals surface area (Å²) < 4.78 is 17.8. The van der Waals surface area contributed by atoms with Crippen LogP contribution in [0.2, 0.25) is 0 Å². The number of ketones is 1. The van der Waals surface area contributed by atoms with E-state index in [-0.39, 0.29) is 16.9 Å². The largest absolute Gasteiger partial charge is 0.465 e. The molecule has 0 saturated carbocycles. The molecule has 0 spiro atoms. The van der Waals surface area contributed by atoms with Crippen molar-refractivity contribution in [2.75, 3.05) is 7.11 Å². The monoisotopic (exact) mass is 395 g/mol. The number of ether oxygens (including phenoxy) is 1. The van der Waals surface area contributed by atoms with Crippen molar-refractivity contribution in [3.8, 4) is 0 Å². The van der Waals surface area contributed by atoms with Crippen LogP contribution in [0.3, 0.4) is 0 Å². The predicted octanol–water partition coefficient (Wildman–Crippen LogP) is 3.96. The van der Waals surface area contributed by atoms with E-state index in [2.05, 4.69) is 4.98 Å². The minimum absolute atomic E-state index is 0.216. The third-order valence-electron chi connectivity index (χ3n) is 4.51. The van der Waals surface area contributed by atoms with Gasteiger partial charge in [0.25, 0.3) is 0 Å². The highest BCUT2D eigenvalue weighted by atomic mass is 32.2. The number of carbonyl (C=O) groups is 2. The van der Waals surface area contributed by atoms with Crippen LogP contribution in [0.25, 0.3) is 0 Å². The van der Waals surface area contributed by atoms with Gasteiger partial charge in [0.1, 0.15) is 0 Å². The third-order valence-corrected chi connectivity index (χ3v) is 5.95. The van der Waals surface area contributed by atoms with Gasteiger partial charge < -0.3 is 9.72 Å². The lowest BCUT2D eigenvalue weighted by atomic mass is 9.99.